The summed E-state index contributed by atoms with van der Waals surface area (Å²) in [5.74, 6) is -1.32. The number of aromatic nitrogens is 2. The van der Waals surface area contributed by atoms with Crippen LogP contribution in [0.25, 0.3) is 10.9 Å². The molecule has 1 saturated heterocycles. The molecule has 0 bridgehead atoms. The second-order valence-corrected chi connectivity index (χ2v) is 9.92. The number of aryl methyl sites for hydroxylation is 1. The third kappa shape index (κ3) is 6.17. The number of morpholine rings is 1. The van der Waals surface area contributed by atoms with Crippen LogP contribution >= 0.6 is 0 Å². The van der Waals surface area contributed by atoms with Crippen LogP contribution in [0.2, 0.25) is 0 Å². The van der Waals surface area contributed by atoms with Gasteiger partial charge < -0.3 is 20.1 Å². The highest BCUT2D eigenvalue weighted by molar-refractivity contribution is 5.83. The number of anilines is 1. The molecule has 3 aromatic rings. The van der Waals surface area contributed by atoms with E-state index < -0.39 is 24.0 Å². The van der Waals surface area contributed by atoms with E-state index >= 15 is 0 Å². The van der Waals surface area contributed by atoms with Gasteiger partial charge in [-0.25, -0.2) is 4.98 Å². The van der Waals surface area contributed by atoms with Gasteiger partial charge >= 0.3 is 5.97 Å². The Morgan fingerprint density at radius 3 is 2.57 bits per heavy atom. The third-order valence-corrected chi connectivity index (χ3v) is 6.71. The third-order valence-electron chi connectivity index (χ3n) is 6.71. The molecule has 1 amide bonds. The molecule has 1 aliphatic heterocycles. The first kappa shape index (κ1) is 26.3. The van der Waals surface area contributed by atoms with Crippen LogP contribution in [0.4, 0.5) is 5.69 Å². The van der Waals surface area contributed by atoms with Crippen molar-refractivity contribution in [1.29, 1.82) is 0 Å². The number of amides is 1. The first-order chi connectivity index (χ1) is 17.7. The zero-order valence-corrected chi connectivity index (χ0v) is 21.5. The number of nitrogens with one attached hydrogen (secondary N) is 1. The van der Waals surface area contributed by atoms with E-state index in [-0.39, 0.29) is 17.9 Å². The number of carbonyl (C=O) groups is 2. The number of rotatable bonds is 9. The summed E-state index contributed by atoms with van der Waals surface area (Å²) in [6.07, 6.45) is 1.53. The molecule has 2 heterocycles. The van der Waals surface area contributed by atoms with E-state index in [9.17, 15) is 19.5 Å². The number of para-hydroxylation sites is 1. The maximum atomic E-state index is 13.7. The summed E-state index contributed by atoms with van der Waals surface area (Å²) in [4.78, 5) is 45.3. The lowest BCUT2D eigenvalue weighted by molar-refractivity contribution is -0.138. The highest BCUT2D eigenvalue weighted by atomic mass is 16.5. The zero-order valence-electron chi connectivity index (χ0n) is 21.5. The second kappa shape index (κ2) is 11.6. The van der Waals surface area contributed by atoms with Gasteiger partial charge in [-0.1, -0.05) is 38.1 Å². The standard InChI is InChI=1S/C28H34N4O5/c1-18(2)14-25(32-17-29-22-7-5-4-6-21(22)28(32)36)27(35)30-23(16-26(33)34)20-9-8-19(3)24(15-20)31-10-12-37-13-11-31/h4-9,15,17-18,23,25H,10-14,16H2,1-3H3,(H,30,35)(H,33,34)/t23-,25-/m0/s1. The Kier molecular flexibility index (Phi) is 8.23. The molecule has 0 unspecified atom stereocenters. The molecule has 0 spiro atoms. The smallest absolute Gasteiger partial charge is 0.305 e. The molecule has 1 fully saturated rings. The Morgan fingerprint density at radius 1 is 1.14 bits per heavy atom. The minimum absolute atomic E-state index is 0.111. The maximum absolute atomic E-state index is 13.7. The fraction of sp³-hybridized carbons (Fsp3) is 0.429. The minimum atomic E-state index is -1.02. The molecule has 2 atom stereocenters. The average Bonchev–Trinajstić information content (AvgIpc) is 2.88. The number of aliphatic carboxylic acids is 1. The second-order valence-electron chi connectivity index (χ2n) is 9.92. The van der Waals surface area contributed by atoms with E-state index in [2.05, 4.69) is 15.2 Å². The van der Waals surface area contributed by atoms with E-state index in [4.69, 9.17) is 4.74 Å². The van der Waals surface area contributed by atoms with E-state index in [0.29, 0.717) is 36.1 Å². The van der Waals surface area contributed by atoms with Gasteiger partial charge in [0.05, 0.1) is 42.9 Å². The van der Waals surface area contributed by atoms with Crippen molar-refractivity contribution in [2.45, 2.75) is 45.7 Å². The van der Waals surface area contributed by atoms with Gasteiger partial charge in [0.15, 0.2) is 0 Å². The SMILES string of the molecule is Cc1ccc([C@H](CC(=O)O)NC(=O)[C@H](CC(C)C)n2cnc3ccccc3c2=O)cc1N1CCOCC1. The minimum Gasteiger partial charge on any atom is -0.481 e. The monoisotopic (exact) mass is 506 g/mol. The molecule has 9 heteroatoms. The van der Waals surface area contributed by atoms with Crippen molar-refractivity contribution in [3.05, 3.63) is 70.3 Å². The Hall–Kier alpha value is -3.72. The fourth-order valence-electron chi connectivity index (χ4n) is 4.78. The van der Waals surface area contributed by atoms with Crippen molar-refractivity contribution in [3.8, 4) is 0 Å². The molecule has 1 aliphatic rings. The number of benzene rings is 2. The van der Waals surface area contributed by atoms with Crippen LogP contribution in [0.15, 0.2) is 53.6 Å². The quantitative estimate of drug-likeness (QED) is 0.457. The molecule has 9 nitrogen and oxygen atoms in total. The largest absolute Gasteiger partial charge is 0.481 e. The highest BCUT2D eigenvalue weighted by Crippen LogP contribution is 2.28. The topological polar surface area (TPSA) is 114 Å². The van der Waals surface area contributed by atoms with Crippen LogP contribution in [-0.2, 0) is 14.3 Å². The van der Waals surface area contributed by atoms with Crippen LogP contribution in [0.3, 0.4) is 0 Å². The highest BCUT2D eigenvalue weighted by Gasteiger charge is 2.28. The van der Waals surface area contributed by atoms with Crippen LogP contribution in [-0.4, -0.2) is 52.8 Å². The van der Waals surface area contributed by atoms with Gasteiger partial charge in [-0.15, -0.1) is 0 Å². The molecule has 1 aromatic heterocycles. The number of hydrogen-bond acceptors (Lipinski definition) is 6. The summed E-state index contributed by atoms with van der Waals surface area (Å²) in [5.41, 5.74) is 3.03. The van der Waals surface area contributed by atoms with Crippen LogP contribution < -0.4 is 15.8 Å². The molecule has 0 saturated carbocycles. The van der Waals surface area contributed by atoms with Crippen LogP contribution in [0, 0.1) is 12.8 Å². The van der Waals surface area contributed by atoms with Gasteiger partial charge in [-0.2, -0.15) is 0 Å². The zero-order chi connectivity index (χ0) is 26.5. The number of carbonyl (C=O) groups excluding carboxylic acids is 1. The molecular weight excluding hydrogens is 472 g/mol. The lowest BCUT2D eigenvalue weighted by atomic mass is 9.98. The van der Waals surface area contributed by atoms with Gasteiger partial charge in [-0.3, -0.25) is 19.0 Å². The molecule has 4 rings (SSSR count). The van der Waals surface area contributed by atoms with Gasteiger partial charge in [0, 0.05) is 18.8 Å². The predicted molar refractivity (Wildman–Crippen MR) is 142 cm³/mol. The van der Waals surface area contributed by atoms with Gasteiger partial charge in [0.25, 0.3) is 5.56 Å². The van der Waals surface area contributed by atoms with Gasteiger partial charge in [0.2, 0.25) is 5.91 Å². The van der Waals surface area contributed by atoms with Gasteiger partial charge in [0.1, 0.15) is 6.04 Å². The Balaban J connectivity index is 1.67. The molecular formula is C28H34N4O5. The summed E-state index contributed by atoms with van der Waals surface area (Å²) in [6, 6.07) is 11.2. The normalized spacial score (nSPS) is 15.5. The number of fused-ring (bicyclic) bond motifs is 1. The Labute approximate surface area is 216 Å². The lowest BCUT2D eigenvalue weighted by Crippen LogP contribution is -2.40. The number of nitrogens with zero attached hydrogens (tertiary/aromatic N) is 3. The molecule has 37 heavy (non-hydrogen) atoms. The fourth-order valence-corrected chi connectivity index (χ4v) is 4.78. The molecule has 0 radical (unpaired) electrons. The Morgan fingerprint density at radius 2 is 1.86 bits per heavy atom. The molecule has 2 N–H and O–H groups in total. The van der Waals surface area contributed by atoms with Crippen molar-refractivity contribution in [1.82, 2.24) is 14.9 Å². The van der Waals surface area contributed by atoms with E-state index in [1.54, 1.807) is 24.3 Å². The first-order valence-corrected chi connectivity index (χ1v) is 12.7. The van der Waals surface area contributed by atoms with Crippen molar-refractivity contribution < 1.29 is 19.4 Å². The summed E-state index contributed by atoms with van der Waals surface area (Å²) in [7, 11) is 0. The number of carboxylic acids is 1. The summed E-state index contributed by atoms with van der Waals surface area (Å²) in [5, 5.41) is 13.0. The number of hydrogen-bond donors (Lipinski definition) is 2. The van der Waals surface area contributed by atoms with E-state index in [1.807, 2.05) is 39.0 Å². The van der Waals surface area contributed by atoms with E-state index in [1.165, 1.54) is 10.9 Å². The van der Waals surface area contributed by atoms with Crippen molar-refractivity contribution in [3.63, 3.8) is 0 Å². The summed E-state index contributed by atoms with van der Waals surface area (Å²) in [6.45, 7) is 8.71. The van der Waals surface area contributed by atoms with E-state index in [0.717, 1.165) is 24.3 Å². The molecule has 196 valence electrons. The first-order valence-electron chi connectivity index (χ1n) is 12.7. The molecule has 2 aromatic carbocycles. The summed E-state index contributed by atoms with van der Waals surface area (Å²) < 4.78 is 6.84. The van der Waals surface area contributed by atoms with Crippen LogP contribution in [0.1, 0.15) is 49.9 Å². The molecule has 0 aliphatic carbocycles. The number of ether oxygens (including phenoxy) is 1. The van der Waals surface area contributed by atoms with Crippen molar-refractivity contribution in [2.75, 3.05) is 31.2 Å². The average molecular weight is 507 g/mol. The lowest BCUT2D eigenvalue weighted by Gasteiger charge is -2.31. The predicted octanol–water partition coefficient (Wildman–Crippen LogP) is 3.46. The number of carboxylic acid groups (broad SMARTS) is 1. The maximum Gasteiger partial charge on any atom is 0.305 e. The van der Waals surface area contributed by atoms with Gasteiger partial charge in [-0.05, 0) is 48.6 Å². The van der Waals surface area contributed by atoms with Crippen molar-refractivity contribution >= 4 is 28.5 Å². The summed E-state index contributed by atoms with van der Waals surface area (Å²) >= 11 is 0. The Bertz CT molecular complexity index is 1330. The van der Waals surface area contributed by atoms with Crippen molar-refractivity contribution in [2.24, 2.45) is 5.92 Å². The van der Waals surface area contributed by atoms with Crippen LogP contribution in [0.5, 0.6) is 0 Å².